The summed E-state index contributed by atoms with van der Waals surface area (Å²) in [6, 6.07) is 15.6. The van der Waals surface area contributed by atoms with Crippen molar-refractivity contribution in [1.29, 1.82) is 0 Å². The second-order valence-corrected chi connectivity index (χ2v) is 9.11. The van der Waals surface area contributed by atoms with Gasteiger partial charge in [0.05, 0.1) is 11.9 Å². The van der Waals surface area contributed by atoms with Crippen molar-refractivity contribution >= 4 is 17.4 Å². The highest BCUT2D eigenvalue weighted by Gasteiger charge is 2.50. The number of aromatic nitrogens is 5. The van der Waals surface area contributed by atoms with Crippen LogP contribution in [0, 0.1) is 0 Å². The first-order valence-corrected chi connectivity index (χ1v) is 12.1. The van der Waals surface area contributed by atoms with Gasteiger partial charge < -0.3 is 9.80 Å². The second kappa shape index (κ2) is 8.99. The van der Waals surface area contributed by atoms with E-state index in [-0.39, 0.29) is 11.7 Å². The highest BCUT2D eigenvalue weighted by Crippen LogP contribution is 2.39. The number of ketones is 1. The largest absolute Gasteiger partial charge is 0.358 e. The monoisotopic (exact) mass is 479 g/mol. The van der Waals surface area contributed by atoms with Crippen LogP contribution in [0.2, 0.25) is 0 Å². The predicted octanol–water partition coefficient (Wildman–Crippen LogP) is 3.18. The average molecular weight is 480 g/mol. The molecule has 9 heteroatoms. The van der Waals surface area contributed by atoms with E-state index in [1.165, 1.54) is 0 Å². The van der Waals surface area contributed by atoms with E-state index in [0.29, 0.717) is 50.4 Å². The summed E-state index contributed by atoms with van der Waals surface area (Å²) < 4.78 is 1.64. The van der Waals surface area contributed by atoms with Gasteiger partial charge in [0.25, 0.3) is 5.91 Å². The van der Waals surface area contributed by atoms with Gasteiger partial charge in [0.1, 0.15) is 5.54 Å². The molecule has 1 amide bonds. The van der Waals surface area contributed by atoms with Crippen LogP contribution in [0.1, 0.15) is 29.8 Å². The lowest BCUT2D eigenvalue weighted by molar-refractivity contribution is -0.123. The number of benzene rings is 1. The molecule has 0 unspecified atom stereocenters. The minimum Gasteiger partial charge on any atom is -0.358 e. The van der Waals surface area contributed by atoms with Crippen molar-refractivity contribution in [3.05, 3.63) is 85.2 Å². The maximum Gasteiger partial charge on any atom is 0.274 e. The molecule has 4 aromatic rings. The zero-order chi connectivity index (χ0) is 24.5. The molecule has 0 N–H and O–H groups in total. The summed E-state index contributed by atoms with van der Waals surface area (Å²) in [6.45, 7) is 1.71. The van der Waals surface area contributed by atoms with Gasteiger partial charge in [-0.3, -0.25) is 19.6 Å². The number of para-hydroxylation sites is 1. The number of carbonyl (C=O) groups excluding carboxylic acids is 2. The maximum atomic E-state index is 13.6. The van der Waals surface area contributed by atoms with E-state index in [4.69, 9.17) is 0 Å². The summed E-state index contributed by atoms with van der Waals surface area (Å²) in [6.07, 6.45) is 9.95. The van der Waals surface area contributed by atoms with Crippen LogP contribution in [-0.4, -0.2) is 66.5 Å². The first kappa shape index (κ1) is 22.1. The number of piperidine rings is 1. The summed E-state index contributed by atoms with van der Waals surface area (Å²) >= 11 is 0. The number of pyridine rings is 1. The molecule has 6 rings (SSSR count). The van der Waals surface area contributed by atoms with Crippen LogP contribution in [0.4, 0.5) is 5.69 Å². The summed E-state index contributed by atoms with van der Waals surface area (Å²) in [4.78, 5) is 43.3. The van der Waals surface area contributed by atoms with Gasteiger partial charge in [-0.1, -0.05) is 18.2 Å². The Hall–Kier alpha value is -4.40. The molecule has 1 spiro atoms. The Bertz CT molecular complexity index is 1320. The number of likely N-dealkylation sites (tertiary alicyclic amines) is 1. The molecule has 0 atom stereocenters. The topological polar surface area (TPSA) is 97.1 Å². The van der Waals surface area contributed by atoms with Crippen molar-refractivity contribution in [3.8, 4) is 17.1 Å². The van der Waals surface area contributed by atoms with Crippen LogP contribution < -0.4 is 4.90 Å². The van der Waals surface area contributed by atoms with E-state index in [9.17, 15) is 9.59 Å². The smallest absolute Gasteiger partial charge is 0.274 e. The molecule has 0 bridgehead atoms. The zero-order valence-electron chi connectivity index (χ0n) is 19.7. The number of rotatable bonds is 4. The molecule has 2 fully saturated rings. The third kappa shape index (κ3) is 3.73. The van der Waals surface area contributed by atoms with Crippen LogP contribution in [0.15, 0.2) is 79.5 Å². The van der Waals surface area contributed by atoms with E-state index in [2.05, 4.69) is 37.1 Å². The van der Waals surface area contributed by atoms with Crippen molar-refractivity contribution in [2.24, 2.45) is 0 Å². The van der Waals surface area contributed by atoms with Gasteiger partial charge in [-0.25, -0.2) is 9.67 Å². The Balaban J connectivity index is 1.27. The van der Waals surface area contributed by atoms with Crippen molar-refractivity contribution < 1.29 is 9.59 Å². The molecule has 1 aromatic carbocycles. The van der Waals surface area contributed by atoms with Gasteiger partial charge in [0, 0.05) is 62.1 Å². The Labute approximate surface area is 208 Å². The number of hydrogen-bond acceptors (Lipinski definition) is 7. The number of nitrogens with zero attached hydrogens (tertiary/aromatic N) is 7. The lowest BCUT2D eigenvalue weighted by Crippen LogP contribution is -2.56. The Kier molecular flexibility index (Phi) is 5.52. The van der Waals surface area contributed by atoms with Crippen molar-refractivity contribution in [3.63, 3.8) is 0 Å². The van der Waals surface area contributed by atoms with Gasteiger partial charge in [-0.15, -0.1) is 0 Å². The van der Waals surface area contributed by atoms with E-state index in [0.717, 1.165) is 16.9 Å². The fraction of sp³-hybridized carbons (Fsp3) is 0.259. The Morgan fingerprint density at radius 1 is 0.889 bits per heavy atom. The summed E-state index contributed by atoms with van der Waals surface area (Å²) in [5.41, 5.74) is 2.46. The maximum absolute atomic E-state index is 13.6. The van der Waals surface area contributed by atoms with E-state index in [1.54, 1.807) is 46.6 Å². The third-order valence-electron chi connectivity index (χ3n) is 7.21. The molecule has 36 heavy (non-hydrogen) atoms. The first-order chi connectivity index (χ1) is 17.7. The molecule has 2 aliphatic rings. The van der Waals surface area contributed by atoms with Crippen molar-refractivity contribution in [2.45, 2.75) is 24.8 Å². The van der Waals surface area contributed by atoms with Gasteiger partial charge in [0.2, 0.25) is 0 Å². The van der Waals surface area contributed by atoms with Gasteiger partial charge >= 0.3 is 0 Å². The molecule has 0 radical (unpaired) electrons. The fourth-order valence-electron chi connectivity index (χ4n) is 5.37. The molecule has 180 valence electrons. The SMILES string of the molecule is O=C(c1cc(-c2ccncc2)n(-c2cnccn2)n1)N1CCC2(CC1)C(=O)CCN2c1ccccc1. The van der Waals surface area contributed by atoms with E-state index in [1.807, 2.05) is 30.3 Å². The first-order valence-electron chi connectivity index (χ1n) is 12.1. The average Bonchev–Trinajstić information content (AvgIpc) is 3.52. The number of amides is 1. The lowest BCUT2D eigenvalue weighted by Gasteiger charge is -2.44. The quantitative estimate of drug-likeness (QED) is 0.443. The third-order valence-corrected chi connectivity index (χ3v) is 7.21. The summed E-state index contributed by atoms with van der Waals surface area (Å²) in [7, 11) is 0. The summed E-state index contributed by atoms with van der Waals surface area (Å²) in [5.74, 6) is 0.640. The Morgan fingerprint density at radius 3 is 2.39 bits per heavy atom. The minimum absolute atomic E-state index is 0.153. The molecule has 9 nitrogen and oxygen atoms in total. The Morgan fingerprint density at radius 2 is 1.67 bits per heavy atom. The van der Waals surface area contributed by atoms with Gasteiger partial charge in [-0.05, 0) is 43.2 Å². The number of Topliss-reactive ketones (excluding diaryl/α,β-unsaturated/α-hetero) is 1. The van der Waals surface area contributed by atoms with Gasteiger partial charge in [0.15, 0.2) is 17.3 Å². The van der Waals surface area contributed by atoms with Crippen molar-refractivity contribution in [1.82, 2.24) is 29.6 Å². The summed E-state index contributed by atoms with van der Waals surface area (Å²) in [5, 5.41) is 4.62. The molecule has 3 aromatic heterocycles. The van der Waals surface area contributed by atoms with Crippen LogP contribution in [0.5, 0.6) is 0 Å². The predicted molar refractivity (Wildman–Crippen MR) is 134 cm³/mol. The number of hydrogen-bond donors (Lipinski definition) is 0. The van der Waals surface area contributed by atoms with Crippen LogP contribution in [-0.2, 0) is 4.79 Å². The molecule has 0 saturated carbocycles. The van der Waals surface area contributed by atoms with E-state index < -0.39 is 5.54 Å². The number of anilines is 1. The number of carbonyl (C=O) groups is 2. The van der Waals surface area contributed by atoms with Crippen molar-refractivity contribution in [2.75, 3.05) is 24.5 Å². The van der Waals surface area contributed by atoms with E-state index >= 15 is 0 Å². The van der Waals surface area contributed by atoms with Crippen LogP contribution in [0.3, 0.4) is 0 Å². The standard InChI is InChI=1S/C27H25N7O2/c35-24-8-15-33(21-4-2-1-3-5-21)27(24)9-16-32(17-10-27)26(36)22-18-23(20-6-11-28-12-7-20)34(31-22)25-19-29-13-14-30-25/h1-7,11-14,18-19H,8-10,15-17H2. The van der Waals surface area contributed by atoms with Gasteiger partial charge in [-0.2, -0.15) is 5.10 Å². The molecule has 2 aliphatic heterocycles. The lowest BCUT2D eigenvalue weighted by atomic mass is 9.83. The highest BCUT2D eigenvalue weighted by atomic mass is 16.2. The molecular weight excluding hydrogens is 454 g/mol. The zero-order valence-corrected chi connectivity index (χ0v) is 19.7. The molecule has 2 saturated heterocycles. The fourth-order valence-corrected chi connectivity index (χ4v) is 5.37. The second-order valence-electron chi connectivity index (χ2n) is 9.11. The molecule has 0 aliphatic carbocycles. The normalized spacial score (nSPS) is 17.1. The van der Waals surface area contributed by atoms with Crippen LogP contribution in [0.25, 0.3) is 17.1 Å². The highest BCUT2D eigenvalue weighted by molar-refractivity contribution is 5.97. The van der Waals surface area contributed by atoms with Crippen LogP contribution >= 0.6 is 0 Å². The minimum atomic E-state index is -0.542. The molecular formula is C27H25N7O2. The molecule has 5 heterocycles.